The largest absolute Gasteiger partial charge is 0.497 e. The van der Waals surface area contributed by atoms with E-state index < -0.39 is 15.7 Å². The van der Waals surface area contributed by atoms with Crippen molar-refractivity contribution in [3.63, 3.8) is 0 Å². The molecule has 10 heteroatoms. The van der Waals surface area contributed by atoms with Gasteiger partial charge in [-0.15, -0.1) is 10.2 Å². The Balaban J connectivity index is 1.62. The third-order valence-corrected chi connectivity index (χ3v) is 6.77. The van der Waals surface area contributed by atoms with Gasteiger partial charge in [0.15, 0.2) is 9.84 Å². The van der Waals surface area contributed by atoms with Gasteiger partial charge in [-0.05, 0) is 36.4 Å². The molecule has 0 unspecified atom stereocenters. The third kappa shape index (κ3) is 4.86. The van der Waals surface area contributed by atoms with Crippen molar-refractivity contribution < 1.29 is 17.9 Å². The molecule has 1 amide bonds. The van der Waals surface area contributed by atoms with E-state index >= 15 is 0 Å². The molecule has 0 atom stereocenters. The van der Waals surface area contributed by atoms with Gasteiger partial charge in [-0.1, -0.05) is 35.1 Å². The van der Waals surface area contributed by atoms with Crippen molar-refractivity contribution in [1.82, 2.24) is 10.2 Å². The van der Waals surface area contributed by atoms with Crippen molar-refractivity contribution in [3.05, 3.63) is 64.1 Å². The molecule has 3 aromatic rings. The summed E-state index contributed by atoms with van der Waals surface area (Å²) in [6, 6.07) is 12.8. The van der Waals surface area contributed by atoms with Crippen LogP contribution in [0.5, 0.6) is 5.75 Å². The van der Waals surface area contributed by atoms with Gasteiger partial charge in [-0.2, -0.15) is 0 Å². The molecule has 1 N–H and O–H groups in total. The lowest BCUT2D eigenvalue weighted by molar-refractivity contribution is 0.102. The first kappa shape index (κ1) is 20.2. The van der Waals surface area contributed by atoms with E-state index in [0.717, 1.165) is 11.3 Å². The summed E-state index contributed by atoms with van der Waals surface area (Å²) in [4.78, 5) is 12.4. The maximum atomic E-state index is 12.4. The van der Waals surface area contributed by atoms with Gasteiger partial charge in [0.2, 0.25) is 5.13 Å². The molecule has 0 bridgehead atoms. The average molecular weight is 438 g/mol. The molecule has 7 nitrogen and oxygen atoms in total. The number of hydrogen-bond acceptors (Lipinski definition) is 7. The zero-order valence-electron chi connectivity index (χ0n) is 14.8. The Morgan fingerprint density at radius 1 is 1.14 bits per heavy atom. The van der Waals surface area contributed by atoms with Gasteiger partial charge in [-0.25, -0.2) is 8.42 Å². The zero-order chi connectivity index (χ0) is 20.1. The summed E-state index contributed by atoms with van der Waals surface area (Å²) in [6.07, 6.45) is 0.188. The summed E-state index contributed by atoms with van der Waals surface area (Å²) in [7, 11) is -1.95. The van der Waals surface area contributed by atoms with Crippen LogP contribution in [0.2, 0.25) is 5.02 Å². The van der Waals surface area contributed by atoms with Gasteiger partial charge < -0.3 is 4.74 Å². The van der Waals surface area contributed by atoms with Gasteiger partial charge in [0.05, 0.1) is 28.3 Å². The normalized spacial score (nSPS) is 11.2. The van der Waals surface area contributed by atoms with Crippen molar-refractivity contribution in [2.75, 3.05) is 18.2 Å². The Morgan fingerprint density at radius 3 is 2.54 bits per heavy atom. The minimum absolute atomic E-state index is 0.119. The van der Waals surface area contributed by atoms with Gasteiger partial charge in [0.25, 0.3) is 5.91 Å². The molecule has 0 radical (unpaired) electrons. The highest BCUT2D eigenvalue weighted by molar-refractivity contribution is 7.91. The summed E-state index contributed by atoms with van der Waals surface area (Å²) in [5, 5.41) is 11.6. The van der Waals surface area contributed by atoms with Crippen LogP contribution in [0.4, 0.5) is 5.13 Å². The van der Waals surface area contributed by atoms with Crippen LogP contribution < -0.4 is 10.1 Å². The van der Waals surface area contributed by atoms with Crippen LogP contribution in [-0.2, 0) is 16.3 Å². The monoisotopic (exact) mass is 437 g/mol. The number of carbonyl (C=O) groups excluding carboxylic acids is 1. The van der Waals surface area contributed by atoms with Crippen molar-refractivity contribution >= 4 is 43.8 Å². The Hall–Kier alpha value is -2.49. The van der Waals surface area contributed by atoms with Crippen molar-refractivity contribution in [2.24, 2.45) is 0 Å². The molecule has 0 fully saturated rings. The predicted octanol–water partition coefficient (Wildman–Crippen LogP) is 3.47. The van der Waals surface area contributed by atoms with Crippen LogP contribution in [0.15, 0.2) is 53.4 Å². The summed E-state index contributed by atoms with van der Waals surface area (Å²) in [6.45, 7) is 0. The zero-order valence-corrected chi connectivity index (χ0v) is 17.1. The van der Waals surface area contributed by atoms with Crippen LogP contribution in [-0.4, -0.2) is 37.4 Å². The number of aromatic nitrogens is 2. The van der Waals surface area contributed by atoms with Gasteiger partial charge in [0, 0.05) is 6.42 Å². The van der Waals surface area contributed by atoms with Gasteiger partial charge in [0.1, 0.15) is 10.8 Å². The highest BCUT2D eigenvalue weighted by Gasteiger charge is 2.17. The molecule has 0 spiro atoms. The smallest absolute Gasteiger partial charge is 0.259 e. The fraction of sp³-hybridized carbons (Fsp3) is 0.167. The number of aryl methyl sites for hydroxylation is 1. The summed E-state index contributed by atoms with van der Waals surface area (Å²) in [5.41, 5.74) is 0.322. The average Bonchev–Trinajstić information content (AvgIpc) is 3.14. The Labute approximate surface area is 171 Å². The third-order valence-electron chi connectivity index (χ3n) is 3.81. The maximum absolute atomic E-state index is 12.4. The lowest BCUT2D eigenvalue weighted by atomic mass is 10.2. The number of hydrogen-bond donors (Lipinski definition) is 1. The molecule has 0 aliphatic rings. The number of benzene rings is 2. The highest BCUT2D eigenvalue weighted by Crippen LogP contribution is 2.22. The number of anilines is 1. The highest BCUT2D eigenvalue weighted by atomic mass is 35.5. The molecule has 2 aromatic carbocycles. The van der Waals surface area contributed by atoms with Crippen LogP contribution in [0.25, 0.3) is 0 Å². The standard InChI is InChI=1S/C18H16ClN3O4S2/c1-26-12-6-8-13(9-7-12)28(24,25)11-10-16-21-22-18(27-16)20-17(23)14-4-2-3-5-15(14)19/h2-9H,10-11H2,1H3,(H,20,22,23). The lowest BCUT2D eigenvalue weighted by Crippen LogP contribution is -2.12. The molecule has 0 aliphatic heterocycles. The molecule has 1 heterocycles. The summed E-state index contributed by atoms with van der Waals surface area (Å²) >= 11 is 7.12. The van der Waals surface area contributed by atoms with E-state index in [4.69, 9.17) is 16.3 Å². The van der Waals surface area contributed by atoms with E-state index in [2.05, 4.69) is 15.5 Å². The molecular formula is C18H16ClN3O4S2. The number of amides is 1. The summed E-state index contributed by atoms with van der Waals surface area (Å²) < 4.78 is 29.9. The van der Waals surface area contributed by atoms with Gasteiger partial charge in [-0.3, -0.25) is 10.1 Å². The fourth-order valence-electron chi connectivity index (χ4n) is 2.34. The second kappa shape index (κ2) is 8.68. The Kier molecular flexibility index (Phi) is 6.28. The molecule has 0 aliphatic carbocycles. The van der Waals surface area contributed by atoms with Gasteiger partial charge >= 0.3 is 0 Å². The number of rotatable bonds is 7. The second-order valence-electron chi connectivity index (χ2n) is 5.68. The van der Waals surface area contributed by atoms with Crippen LogP contribution in [0.3, 0.4) is 0 Å². The minimum Gasteiger partial charge on any atom is -0.497 e. The second-order valence-corrected chi connectivity index (χ2v) is 9.26. The number of halogens is 1. The number of carbonyl (C=O) groups is 1. The van der Waals surface area contributed by atoms with E-state index in [1.807, 2.05) is 0 Å². The number of ether oxygens (including phenoxy) is 1. The first-order chi connectivity index (χ1) is 13.4. The van der Waals surface area contributed by atoms with Crippen molar-refractivity contribution in [1.29, 1.82) is 0 Å². The maximum Gasteiger partial charge on any atom is 0.259 e. The molecule has 0 saturated heterocycles. The van der Waals surface area contributed by atoms with Crippen LogP contribution >= 0.6 is 22.9 Å². The van der Waals surface area contributed by atoms with Crippen LogP contribution in [0.1, 0.15) is 15.4 Å². The van der Waals surface area contributed by atoms with E-state index in [1.54, 1.807) is 36.4 Å². The molecule has 0 saturated carbocycles. The van der Waals surface area contributed by atoms with E-state index in [9.17, 15) is 13.2 Å². The van der Waals surface area contributed by atoms with Crippen molar-refractivity contribution in [2.45, 2.75) is 11.3 Å². The molecule has 146 valence electrons. The van der Waals surface area contributed by atoms with Crippen molar-refractivity contribution in [3.8, 4) is 5.75 Å². The van der Waals surface area contributed by atoms with E-state index in [-0.39, 0.29) is 22.2 Å². The first-order valence-electron chi connectivity index (χ1n) is 8.14. The van der Waals surface area contributed by atoms with E-state index in [1.165, 1.54) is 19.2 Å². The lowest BCUT2D eigenvalue weighted by Gasteiger charge is -2.04. The predicted molar refractivity (Wildman–Crippen MR) is 108 cm³/mol. The number of nitrogens with one attached hydrogen (secondary N) is 1. The first-order valence-corrected chi connectivity index (χ1v) is 11.0. The molecule has 1 aromatic heterocycles. The van der Waals surface area contributed by atoms with E-state index in [0.29, 0.717) is 21.3 Å². The molecule has 28 heavy (non-hydrogen) atoms. The minimum atomic E-state index is -3.47. The fourth-order valence-corrected chi connectivity index (χ4v) is 4.67. The number of nitrogens with zero attached hydrogens (tertiary/aromatic N) is 2. The van der Waals surface area contributed by atoms with Crippen LogP contribution in [0, 0.1) is 0 Å². The number of sulfone groups is 1. The molecular weight excluding hydrogens is 422 g/mol. The SMILES string of the molecule is COc1ccc(S(=O)(=O)CCc2nnc(NC(=O)c3ccccc3Cl)s2)cc1. The quantitative estimate of drug-likeness (QED) is 0.607. The number of methoxy groups -OCH3 is 1. The Bertz CT molecular complexity index is 1080. The summed E-state index contributed by atoms with van der Waals surface area (Å²) in [5.74, 6) is 0.0630. The molecule has 3 rings (SSSR count). The Morgan fingerprint density at radius 2 is 1.86 bits per heavy atom. The topological polar surface area (TPSA) is 98.2 Å².